The van der Waals surface area contributed by atoms with E-state index in [4.69, 9.17) is 0 Å². The lowest BCUT2D eigenvalue weighted by atomic mass is 9.66. The van der Waals surface area contributed by atoms with Crippen LogP contribution in [0.5, 0.6) is 0 Å². The van der Waals surface area contributed by atoms with Crippen LogP contribution in [0.1, 0.15) is 38.7 Å². The van der Waals surface area contributed by atoms with Crippen LogP contribution in [0.4, 0.5) is 0 Å². The molecule has 2 bridgehead atoms. The standard InChI is InChI=1S/C23H31N3O4S/c1-4-15(13-27)26-18(20(29)25-12-14-8-6-5-7-9-14)23-11-10-22(2,31-23)16(19(28)24-3)17(23)21(26)30/h5-9,15-18,27H,4,10-13H2,1-3H3,(H,24,28)(H,25,29)/t15-,16-,17-,18?,22+,23?/m0/s1. The van der Waals surface area contributed by atoms with Crippen LogP contribution in [0, 0.1) is 11.8 Å². The van der Waals surface area contributed by atoms with Gasteiger partial charge in [0, 0.05) is 18.3 Å². The number of benzene rings is 1. The Kier molecular flexibility index (Phi) is 5.81. The van der Waals surface area contributed by atoms with Gasteiger partial charge in [0.2, 0.25) is 17.7 Å². The number of nitrogens with one attached hydrogen (secondary N) is 2. The predicted molar refractivity (Wildman–Crippen MR) is 119 cm³/mol. The molecule has 0 radical (unpaired) electrons. The molecule has 7 nitrogen and oxygen atoms in total. The number of carbonyl (C=O) groups is 3. The minimum Gasteiger partial charge on any atom is -0.394 e. The molecule has 2 unspecified atom stereocenters. The Balaban J connectivity index is 1.71. The Labute approximate surface area is 187 Å². The van der Waals surface area contributed by atoms with Gasteiger partial charge in [-0.05, 0) is 31.7 Å². The molecule has 3 aliphatic rings. The molecule has 31 heavy (non-hydrogen) atoms. The van der Waals surface area contributed by atoms with Crippen LogP contribution in [-0.4, -0.2) is 63.0 Å². The number of thioether (sulfide) groups is 1. The molecule has 0 saturated carbocycles. The summed E-state index contributed by atoms with van der Waals surface area (Å²) in [5.74, 6) is -1.55. The molecule has 1 aromatic rings. The predicted octanol–water partition coefficient (Wildman–Crippen LogP) is 1.30. The van der Waals surface area contributed by atoms with Crippen LogP contribution in [0.3, 0.4) is 0 Å². The van der Waals surface area contributed by atoms with E-state index < -0.39 is 28.7 Å². The molecule has 0 aliphatic carbocycles. The monoisotopic (exact) mass is 445 g/mol. The molecule has 168 valence electrons. The van der Waals surface area contributed by atoms with E-state index in [9.17, 15) is 19.5 Å². The molecular weight excluding hydrogens is 414 g/mol. The quantitative estimate of drug-likeness (QED) is 0.588. The lowest BCUT2D eigenvalue weighted by molar-refractivity contribution is -0.143. The molecule has 4 rings (SSSR count). The van der Waals surface area contributed by atoms with Crippen molar-refractivity contribution in [3.05, 3.63) is 35.9 Å². The zero-order chi connectivity index (χ0) is 22.4. The maximum absolute atomic E-state index is 13.7. The molecule has 8 heteroatoms. The first-order valence-corrected chi connectivity index (χ1v) is 11.8. The molecule has 1 spiro atoms. The van der Waals surface area contributed by atoms with Gasteiger partial charge in [-0.3, -0.25) is 14.4 Å². The highest BCUT2D eigenvalue weighted by Crippen LogP contribution is 2.71. The average molecular weight is 446 g/mol. The van der Waals surface area contributed by atoms with Crippen LogP contribution in [0.25, 0.3) is 0 Å². The Morgan fingerprint density at radius 1 is 1.26 bits per heavy atom. The van der Waals surface area contributed by atoms with Crippen molar-refractivity contribution in [1.29, 1.82) is 0 Å². The van der Waals surface area contributed by atoms with Crippen LogP contribution in [0.15, 0.2) is 30.3 Å². The molecule has 3 amide bonds. The third-order valence-electron chi connectivity index (χ3n) is 7.38. The summed E-state index contributed by atoms with van der Waals surface area (Å²) in [6.07, 6.45) is 2.03. The highest BCUT2D eigenvalue weighted by molar-refractivity contribution is 8.02. The van der Waals surface area contributed by atoms with Gasteiger partial charge < -0.3 is 20.6 Å². The van der Waals surface area contributed by atoms with E-state index in [1.165, 1.54) is 0 Å². The molecule has 1 aromatic carbocycles. The van der Waals surface area contributed by atoms with E-state index in [1.807, 2.05) is 44.2 Å². The minimum absolute atomic E-state index is 0.141. The number of rotatable bonds is 7. The van der Waals surface area contributed by atoms with E-state index in [2.05, 4.69) is 10.6 Å². The number of amides is 3. The molecule has 3 N–H and O–H groups in total. The molecule has 3 fully saturated rings. The van der Waals surface area contributed by atoms with Gasteiger partial charge in [-0.2, -0.15) is 0 Å². The number of fused-ring (bicyclic) bond motifs is 1. The second-order valence-corrected chi connectivity index (χ2v) is 10.9. The molecule has 3 saturated heterocycles. The smallest absolute Gasteiger partial charge is 0.244 e. The fourth-order valence-corrected chi connectivity index (χ4v) is 8.25. The van der Waals surface area contributed by atoms with Crippen molar-refractivity contribution in [1.82, 2.24) is 15.5 Å². The van der Waals surface area contributed by atoms with Crippen molar-refractivity contribution in [2.24, 2.45) is 11.8 Å². The summed E-state index contributed by atoms with van der Waals surface area (Å²) in [4.78, 5) is 41.8. The Hall–Kier alpha value is -2.06. The summed E-state index contributed by atoms with van der Waals surface area (Å²) >= 11 is 1.64. The largest absolute Gasteiger partial charge is 0.394 e. The lowest BCUT2D eigenvalue weighted by Gasteiger charge is -2.36. The number of hydrogen-bond donors (Lipinski definition) is 3. The molecule has 6 atom stereocenters. The summed E-state index contributed by atoms with van der Waals surface area (Å²) in [6, 6.07) is 8.50. The molecule has 0 aromatic heterocycles. The highest BCUT2D eigenvalue weighted by atomic mass is 32.2. The lowest BCUT2D eigenvalue weighted by Crippen LogP contribution is -2.56. The van der Waals surface area contributed by atoms with Gasteiger partial charge in [-0.1, -0.05) is 37.3 Å². The van der Waals surface area contributed by atoms with Gasteiger partial charge in [-0.15, -0.1) is 11.8 Å². The van der Waals surface area contributed by atoms with Gasteiger partial charge in [0.05, 0.1) is 29.2 Å². The van der Waals surface area contributed by atoms with Crippen LogP contribution in [0.2, 0.25) is 0 Å². The SMILES string of the molecule is CC[C@@H](CO)N1C(=O)[C@@H]2[C@@H](C(=O)NC)[C@@]3(C)CCC2(S3)C1C(=O)NCc1ccccc1. The maximum Gasteiger partial charge on any atom is 0.244 e. The Morgan fingerprint density at radius 2 is 1.97 bits per heavy atom. The number of aliphatic hydroxyl groups excluding tert-OH is 1. The third-order valence-corrected chi connectivity index (χ3v) is 9.36. The Morgan fingerprint density at radius 3 is 2.58 bits per heavy atom. The molecule has 3 aliphatic heterocycles. The first-order valence-electron chi connectivity index (χ1n) is 11.0. The summed E-state index contributed by atoms with van der Waals surface area (Å²) in [6.45, 7) is 4.11. The number of hydrogen-bond acceptors (Lipinski definition) is 5. The van der Waals surface area contributed by atoms with Crippen molar-refractivity contribution in [2.75, 3.05) is 13.7 Å². The average Bonchev–Trinajstić information content (AvgIpc) is 3.34. The summed E-state index contributed by atoms with van der Waals surface area (Å²) in [5, 5.41) is 15.8. The van der Waals surface area contributed by atoms with E-state index in [-0.39, 0.29) is 29.1 Å². The van der Waals surface area contributed by atoms with E-state index in [0.29, 0.717) is 19.4 Å². The van der Waals surface area contributed by atoms with E-state index in [0.717, 1.165) is 12.0 Å². The van der Waals surface area contributed by atoms with Gasteiger partial charge in [-0.25, -0.2) is 0 Å². The Bertz CT molecular complexity index is 877. The van der Waals surface area contributed by atoms with Crippen LogP contribution >= 0.6 is 11.8 Å². The maximum atomic E-state index is 13.7. The molecular formula is C23H31N3O4S. The first kappa shape index (κ1) is 22.1. The van der Waals surface area contributed by atoms with Gasteiger partial charge in [0.25, 0.3) is 0 Å². The number of carbonyl (C=O) groups excluding carboxylic acids is 3. The number of likely N-dealkylation sites (tertiary alicyclic amines) is 1. The fourth-order valence-electron chi connectivity index (χ4n) is 5.91. The van der Waals surface area contributed by atoms with Crippen molar-refractivity contribution in [3.8, 4) is 0 Å². The van der Waals surface area contributed by atoms with Crippen molar-refractivity contribution < 1.29 is 19.5 Å². The van der Waals surface area contributed by atoms with Crippen molar-refractivity contribution in [2.45, 2.75) is 61.2 Å². The van der Waals surface area contributed by atoms with Gasteiger partial charge in [0.15, 0.2) is 0 Å². The number of aliphatic hydroxyl groups is 1. The minimum atomic E-state index is -0.702. The summed E-state index contributed by atoms with van der Waals surface area (Å²) in [7, 11) is 1.60. The zero-order valence-corrected chi connectivity index (χ0v) is 19.1. The van der Waals surface area contributed by atoms with E-state index >= 15 is 0 Å². The normalized spacial score (nSPS) is 34.5. The first-order chi connectivity index (χ1) is 14.8. The van der Waals surface area contributed by atoms with Crippen molar-refractivity contribution in [3.63, 3.8) is 0 Å². The second-order valence-electron chi connectivity index (χ2n) is 9.04. The number of nitrogens with zero attached hydrogens (tertiary/aromatic N) is 1. The highest BCUT2D eigenvalue weighted by Gasteiger charge is 2.77. The van der Waals surface area contributed by atoms with Crippen molar-refractivity contribution >= 4 is 29.5 Å². The van der Waals surface area contributed by atoms with Gasteiger partial charge >= 0.3 is 0 Å². The fraction of sp³-hybridized carbons (Fsp3) is 0.609. The third kappa shape index (κ3) is 3.26. The van der Waals surface area contributed by atoms with Crippen LogP contribution in [-0.2, 0) is 20.9 Å². The molecule has 3 heterocycles. The summed E-state index contributed by atoms with van der Waals surface area (Å²) < 4.78 is -1.02. The van der Waals surface area contributed by atoms with Gasteiger partial charge in [0.1, 0.15) is 6.04 Å². The second kappa shape index (κ2) is 8.13. The summed E-state index contributed by atoms with van der Waals surface area (Å²) in [5.41, 5.74) is 0.980. The van der Waals surface area contributed by atoms with E-state index in [1.54, 1.807) is 23.7 Å². The topological polar surface area (TPSA) is 98.7 Å². The van der Waals surface area contributed by atoms with Crippen LogP contribution < -0.4 is 10.6 Å². The zero-order valence-electron chi connectivity index (χ0n) is 18.3.